The summed E-state index contributed by atoms with van der Waals surface area (Å²) in [5.74, 6) is 0.686. The number of thiophene rings is 1. The molecule has 6 heteroatoms. The lowest BCUT2D eigenvalue weighted by Crippen LogP contribution is -2.47. The molecule has 134 valence electrons. The summed E-state index contributed by atoms with van der Waals surface area (Å²) in [7, 11) is 0. The van der Waals surface area contributed by atoms with Gasteiger partial charge >= 0.3 is 0 Å². The topological polar surface area (TPSA) is 58.4 Å². The number of hydrogen-bond donors (Lipinski definition) is 1. The van der Waals surface area contributed by atoms with Crippen molar-refractivity contribution in [3.05, 3.63) is 64.8 Å². The SMILES string of the molecule is O=C(NC1CCCN(Cc2cccs2)C1)c1ccc(-c2cnco2)cc1. The van der Waals surface area contributed by atoms with Gasteiger partial charge in [0.1, 0.15) is 0 Å². The summed E-state index contributed by atoms with van der Waals surface area (Å²) in [6.07, 6.45) is 5.21. The fourth-order valence-corrected chi connectivity index (χ4v) is 4.10. The molecule has 1 unspecified atom stereocenters. The van der Waals surface area contributed by atoms with E-state index in [9.17, 15) is 4.79 Å². The predicted molar refractivity (Wildman–Crippen MR) is 102 cm³/mol. The van der Waals surface area contributed by atoms with E-state index in [2.05, 4.69) is 32.7 Å². The zero-order valence-electron chi connectivity index (χ0n) is 14.4. The third-order valence-corrected chi connectivity index (χ3v) is 5.53. The number of oxazole rings is 1. The molecule has 3 aromatic rings. The van der Waals surface area contributed by atoms with Gasteiger partial charge in [-0.1, -0.05) is 18.2 Å². The van der Waals surface area contributed by atoms with Gasteiger partial charge < -0.3 is 9.73 Å². The lowest BCUT2D eigenvalue weighted by Gasteiger charge is -2.32. The molecule has 0 aliphatic carbocycles. The quantitative estimate of drug-likeness (QED) is 0.745. The van der Waals surface area contributed by atoms with E-state index < -0.39 is 0 Å². The molecule has 1 fully saturated rings. The Morgan fingerprint density at radius 3 is 2.92 bits per heavy atom. The highest BCUT2D eigenvalue weighted by Crippen LogP contribution is 2.20. The minimum absolute atomic E-state index is 0.0166. The second-order valence-electron chi connectivity index (χ2n) is 6.57. The lowest BCUT2D eigenvalue weighted by atomic mass is 10.0. The van der Waals surface area contributed by atoms with E-state index in [0.717, 1.165) is 38.0 Å². The third kappa shape index (κ3) is 4.03. The van der Waals surface area contributed by atoms with Crippen LogP contribution >= 0.6 is 11.3 Å². The monoisotopic (exact) mass is 367 g/mol. The Balaban J connectivity index is 1.35. The zero-order chi connectivity index (χ0) is 17.8. The van der Waals surface area contributed by atoms with Crippen LogP contribution in [0.3, 0.4) is 0 Å². The summed E-state index contributed by atoms with van der Waals surface area (Å²) in [5, 5.41) is 5.30. The van der Waals surface area contributed by atoms with E-state index in [0.29, 0.717) is 11.3 Å². The molecule has 1 aliphatic rings. The van der Waals surface area contributed by atoms with E-state index >= 15 is 0 Å². The number of rotatable bonds is 5. The molecule has 1 aromatic carbocycles. The number of benzene rings is 1. The largest absolute Gasteiger partial charge is 0.444 e. The predicted octanol–water partition coefficient (Wildman–Crippen LogP) is 3.80. The summed E-state index contributed by atoms with van der Waals surface area (Å²) >= 11 is 1.79. The fraction of sp³-hybridized carbons (Fsp3) is 0.300. The Morgan fingerprint density at radius 2 is 2.19 bits per heavy atom. The molecule has 1 aliphatic heterocycles. The first-order valence-corrected chi connectivity index (χ1v) is 9.70. The van der Waals surface area contributed by atoms with E-state index in [1.165, 1.54) is 11.3 Å². The summed E-state index contributed by atoms with van der Waals surface area (Å²) < 4.78 is 5.28. The molecule has 0 saturated carbocycles. The molecular weight excluding hydrogens is 346 g/mol. The van der Waals surface area contributed by atoms with Crippen LogP contribution in [-0.4, -0.2) is 34.9 Å². The maximum Gasteiger partial charge on any atom is 0.251 e. The Hall–Kier alpha value is -2.44. The first kappa shape index (κ1) is 17.0. The van der Waals surface area contributed by atoms with Crippen LogP contribution in [0.2, 0.25) is 0 Å². The molecular formula is C20H21N3O2S. The molecule has 5 nitrogen and oxygen atoms in total. The Labute approximate surface area is 156 Å². The molecule has 3 heterocycles. The third-order valence-electron chi connectivity index (χ3n) is 4.66. The van der Waals surface area contributed by atoms with Crippen molar-refractivity contribution in [2.45, 2.75) is 25.4 Å². The number of hydrogen-bond acceptors (Lipinski definition) is 5. The van der Waals surface area contributed by atoms with E-state index in [1.807, 2.05) is 24.3 Å². The van der Waals surface area contributed by atoms with Crippen molar-refractivity contribution in [2.75, 3.05) is 13.1 Å². The van der Waals surface area contributed by atoms with Gasteiger partial charge in [-0.15, -0.1) is 11.3 Å². The average Bonchev–Trinajstić information content (AvgIpc) is 3.36. The second-order valence-corrected chi connectivity index (χ2v) is 7.60. The van der Waals surface area contributed by atoms with Gasteiger partial charge in [0, 0.05) is 35.1 Å². The van der Waals surface area contributed by atoms with Gasteiger partial charge in [-0.3, -0.25) is 9.69 Å². The Morgan fingerprint density at radius 1 is 1.31 bits per heavy atom. The maximum absolute atomic E-state index is 12.6. The Bertz CT molecular complexity index is 829. The summed E-state index contributed by atoms with van der Waals surface area (Å²) in [5.41, 5.74) is 1.59. The molecule has 1 N–H and O–H groups in total. The highest BCUT2D eigenvalue weighted by atomic mass is 32.1. The molecule has 26 heavy (non-hydrogen) atoms. The molecule has 0 bridgehead atoms. The van der Waals surface area contributed by atoms with Gasteiger partial charge in [0.15, 0.2) is 12.2 Å². The van der Waals surface area contributed by atoms with Crippen LogP contribution in [0.1, 0.15) is 28.1 Å². The van der Waals surface area contributed by atoms with Gasteiger partial charge in [-0.2, -0.15) is 0 Å². The number of carbonyl (C=O) groups is 1. The van der Waals surface area contributed by atoms with Crippen molar-refractivity contribution in [3.63, 3.8) is 0 Å². The number of piperidine rings is 1. The highest BCUT2D eigenvalue weighted by Gasteiger charge is 2.22. The second kappa shape index (κ2) is 7.85. The van der Waals surface area contributed by atoms with Crippen LogP contribution in [0, 0.1) is 0 Å². The van der Waals surface area contributed by atoms with Crippen molar-refractivity contribution < 1.29 is 9.21 Å². The van der Waals surface area contributed by atoms with Crippen LogP contribution in [0.5, 0.6) is 0 Å². The molecule has 0 spiro atoms. The van der Waals surface area contributed by atoms with Crippen LogP contribution < -0.4 is 5.32 Å². The minimum atomic E-state index is -0.0166. The van der Waals surface area contributed by atoms with Crippen molar-refractivity contribution >= 4 is 17.2 Å². The maximum atomic E-state index is 12.6. The molecule has 4 rings (SSSR count). The van der Waals surface area contributed by atoms with Crippen LogP contribution in [0.4, 0.5) is 0 Å². The first-order valence-electron chi connectivity index (χ1n) is 8.82. The number of nitrogens with zero attached hydrogens (tertiary/aromatic N) is 2. The molecule has 1 amide bonds. The number of aromatic nitrogens is 1. The van der Waals surface area contributed by atoms with Crippen LogP contribution in [-0.2, 0) is 6.54 Å². The molecule has 1 atom stereocenters. The highest BCUT2D eigenvalue weighted by molar-refractivity contribution is 7.09. The lowest BCUT2D eigenvalue weighted by molar-refractivity contribution is 0.0901. The standard InChI is InChI=1S/C20H21N3O2S/c24-20(16-7-5-15(6-8-16)19-11-21-14-25-19)22-17-3-1-9-23(12-17)13-18-4-2-10-26-18/h2,4-8,10-11,14,17H,1,3,9,12-13H2,(H,22,24). The number of carbonyl (C=O) groups excluding carboxylic acids is 1. The zero-order valence-corrected chi connectivity index (χ0v) is 15.2. The van der Waals surface area contributed by atoms with Gasteiger partial charge in [-0.25, -0.2) is 4.98 Å². The summed E-state index contributed by atoms with van der Waals surface area (Å²) in [6.45, 7) is 2.96. The van der Waals surface area contributed by atoms with Crippen LogP contribution in [0.15, 0.2) is 58.8 Å². The van der Waals surface area contributed by atoms with Gasteiger partial charge in [0.2, 0.25) is 0 Å². The summed E-state index contributed by atoms with van der Waals surface area (Å²) in [4.78, 5) is 20.3. The van der Waals surface area contributed by atoms with Crippen molar-refractivity contribution in [1.82, 2.24) is 15.2 Å². The van der Waals surface area contributed by atoms with Gasteiger partial charge in [0.25, 0.3) is 5.91 Å². The van der Waals surface area contributed by atoms with Crippen molar-refractivity contribution in [1.29, 1.82) is 0 Å². The number of nitrogens with one attached hydrogen (secondary N) is 1. The molecule has 0 radical (unpaired) electrons. The fourth-order valence-electron chi connectivity index (χ4n) is 3.35. The van der Waals surface area contributed by atoms with Crippen LogP contribution in [0.25, 0.3) is 11.3 Å². The van der Waals surface area contributed by atoms with E-state index in [4.69, 9.17) is 4.42 Å². The van der Waals surface area contributed by atoms with Gasteiger partial charge in [-0.05, 0) is 43.0 Å². The average molecular weight is 367 g/mol. The number of amides is 1. The van der Waals surface area contributed by atoms with Crippen molar-refractivity contribution in [3.8, 4) is 11.3 Å². The van der Waals surface area contributed by atoms with E-state index in [1.54, 1.807) is 17.5 Å². The van der Waals surface area contributed by atoms with Gasteiger partial charge in [0.05, 0.1) is 6.20 Å². The summed E-state index contributed by atoms with van der Waals surface area (Å²) in [6, 6.07) is 11.9. The smallest absolute Gasteiger partial charge is 0.251 e. The molecule has 2 aromatic heterocycles. The Kier molecular flexibility index (Phi) is 5.13. The van der Waals surface area contributed by atoms with Crippen molar-refractivity contribution in [2.24, 2.45) is 0 Å². The van der Waals surface area contributed by atoms with E-state index in [-0.39, 0.29) is 11.9 Å². The minimum Gasteiger partial charge on any atom is -0.444 e. The number of likely N-dealkylation sites (tertiary alicyclic amines) is 1. The first-order chi connectivity index (χ1) is 12.8. The normalized spacial score (nSPS) is 17.9. The molecule has 1 saturated heterocycles.